The van der Waals surface area contributed by atoms with E-state index in [4.69, 9.17) is 0 Å². The van der Waals surface area contributed by atoms with Crippen molar-refractivity contribution in [1.82, 2.24) is 9.38 Å². The van der Waals surface area contributed by atoms with Crippen LogP contribution in [-0.4, -0.2) is 15.6 Å². The van der Waals surface area contributed by atoms with Crippen LogP contribution in [0.4, 0.5) is 13.2 Å². The lowest BCUT2D eigenvalue weighted by Crippen LogP contribution is -2.09. The SMILES string of the molecule is C=C(c1ccc2nccn2c1)C(F)(F)F. The van der Waals surface area contributed by atoms with E-state index in [9.17, 15) is 13.2 Å². The molecular weight excluding hydrogens is 205 g/mol. The minimum Gasteiger partial charge on any atom is -0.307 e. The summed E-state index contributed by atoms with van der Waals surface area (Å²) in [5.74, 6) is 0. The molecule has 0 amide bonds. The Labute approximate surface area is 83.7 Å². The Kier molecular flexibility index (Phi) is 2.03. The summed E-state index contributed by atoms with van der Waals surface area (Å²) in [6.07, 6.45) is 0.0738. The number of halogens is 3. The van der Waals surface area contributed by atoms with Gasteiger partial charge in [0.2, 0.25) is 0 Å². The fourth-order valence-corrected chi connectivity index (χ4v) is 1.26. The van der Waals surface area contributed by atoms with Crippen molar-refractivity contribution in [2.75, 3.05) is 0 Å². The number of pyridine rings is 1. The molecule has 2 nitrogen and oxygen atoms in total. The number of alkyl halides is 3. The van der Waals surface area contributed by atoms with E-state index in [1.807, 2.05) is 0 Å². The van der Waals surface area contributed by atoms with Crippen LogP contribution in [0.3, 0.4) is 0 Å². The third kappa shape index (κ3) is 1.72. The average Bonchev–Trinajstić information content (AvgIpc) is 2.61. The van der Waals surface area contributed by atoms with E-state index in [2.05, 4.69) is 11.6 Å². The number of nitrogens with zero attached hydrogens (tertiary/aromatic N) is 2. The maximum Gasteiger partial charge on any atom is 0.416 e. The van der Waals surface area contributed by atoms with E-state index in [-0.39, 0.29) is 5.56 Å². The van der Waals surface area contributed by atoms with E-state index in [1.165, 1.54) is 28.9 Å². The highest BCUT2D eigenvalue weighted by Crippen LogP contribution is 2.31. The van der Waals surface area contributed by atoms with Gasteiger partial charge in [0.1, 0.15) is 5.65 Å². The molecule has 0 saturated heterocycles. The molecule has 0 saturated carbocycles. The van der Waals surface area contributed by atoms with Crippen LogP contribution in [0, 0.1) is 0 Å². The van der Waals surface area contributed by atoms with Crippen molar-refractivity contribution < 1.29 is 13.2 Å². The first-order valence-corrected chi connectivity index (χ1v) is 4.18. The smallest absolute Gasteiger partial charge is 0.307 e. The van der Waals surface area contributed by atoms with Crippen molar-refractivity contribution in [2.45, 2.75) is 6.18 Å². The molecule has 2 heterocycles. The minimum absolute atomic E-state index is 0.0491. The number of fused-ring (bicyclic) bond motifs is 1. The van der Waals surface area contributed by atoms with E-state index >= 15 is 0 Å². The highest BCUT2D eigenvalue weighted by molar-refractivity contribution is 5.67. The van der Waals surface area contributed by atoms with E-state index in [0.717, 1.165) is 0 Å². The normalized spacial score (nSPS) is 11.9. The second-order valence-corrected chi connectivity index (χ2v) is 3.09. The van der Waals surface area contributed by atoms with Gasteiger partial charge in [0.05, 0.1) is 5.57 Å². The van der Waals surface area contributed by atoms with Gasteiger partial charge >= 0.3 is 6.18 Å². The minimum atomic E-state index is -4.39. The summed E-state index contributed by atoms with van der Waals surface area (Å²) in [6.45, 7) is 3.03. The fourth-order valence-electron chi connectivity index (χ4n) is 1.26. The molecule has 2 aromatic rings. The Balaban J connectivity index is 2.49. The summed E-state index contributed by atoms with van der Waals surface area (Å²) in [5.41, 5.74) is -0.195. The van der Waals surface area contributed by atoms with Crippen LogP contribution < -0.4 is 0 Å². The number of imidazole rings is 1. The van der Waals surface area contributed by atoms with E-state index < -0.39 is 11.7 Å². The van der Waals surface area contributed by atoms with E-state index in [1.54, 1.807) is 6.20 Å². The van der Waals surface area contributed by atoms with Crippen molar-refractivity contribution in [3.63, 3.8) is 0 Å². The Hall–Kier alpha value is -1.78. The Bertz CT molecular complexity index is 511. The molecular formula is C10H7F3N2. The zero-order chi connectivity index (χ0) is 11.1. The number of aromatic nitrogens is 2. The van der Waals surface area contributed by atoms with Gasteiger partial charge in [-0.3, -0.25) is 0 Å². The molecule has 0 aliphatic rings. The summed E-state index contributed by atoms with van der Waals surface area (Å²) in [4.78, 5) is 3.93. The van der Waals surface area contributed by atoms with Crippen molar-refractivity contribution in [3.05, 3.63) is 42.9 Å². The van der Waals surface area contributed by atoms with Gasteiger partial charge < -0.3 is 4.40 Å². The first-order chi connectivity index (χ1) is 6.98. The Morgan fingerprint density at radius 1 is 1.33 bits per heavy atom. The first-order valence-electron chi connectivity index (χ1n) is 4.18. The van der Waals surface area contributed by atoms with Crippen LogP contribution in [0.25, 0.3) is 11.2 Å². The van der Waals surface area contributed by atoms with Crippen LogP contribution in [0.15, 0.2) is 37.3 Å². The van der Waals surface area contributed by atoms with Crippen molar-refractivity contribution in [3.8, 4) is 0 Å². The third-order valence-electron chi connectivity index (χ3n) is 2.08. The highest BCUT2D eigenvalue weighted by atomic mass is 19.4. The van der Waals surface area contributed by atoms with Crippen molar-refractivity contribution >= 4 is 11.2 Å². The largest absolute Gasteiger partial charge is 0.416 e. The van der Waals surface area contributed by atoms with Gasteiger partial charge in [0.25, 0.3) is 0 Å². The summed E-state index contributed by atoms with van der Waals surface area (Å²) in [7, 11) is 0. The van der Waals surface area contributed by atoms with Gasteiger partial charge in [-0.15, -0.1) is 0 Å². The Morgan fingerprint density at radius 3 is 2.73 bits per heavy atom. The molecule has 0 aromatic carbocycles. The fraction of sp³-hybridized carbons (Fsp3) is 0.100. The van der Waals surface area contributed by atoms with E-state index in [0.29, 0.717) is 5.65 Å². The summed E-state index contributed by atoms with van der Waals surface area (Å²) >= 11 is 0. The monoisotopic (exact) mass is 212 g/mol. The van der Waals surface area contributed by atoms with Gasteiger partial charge in [-0.05, 0) is 12.1 Å². The van der Waals surface area contributed by atoms with Gasteiger partial charge in [0, 0.05) is 24.2 Å². The highest BCUT2D eigenvalue weighted by Gasteiger charge is 2.32. The molecule has 0 radical (unpaired) electrons. The lowest BCUT2D eigenvalue weighted by Gasteiger charge is -2.10. The Morgan fingerprint density at radius 2 is 2.07 bits per heavy atom. The third-order valence-corrected chi connectivity index (χ3v) is 2.08. The molecule has 2 aromatic heterocycles. The number of allylic oxidation sites excluding steroid dienone is 1. The molecule has 0 fully saturated rings. The summed E-state index contributed by atoms with van der Waals surface area (Å²) < 4.78 is 38.5. The van der Waals surface area contributed by atoms with Crippen molar-refractivity contribution in [1.29, 1.82) is 0 Å². The van der Waals surface area contributed by atoms with Crippen LogP contribution >= 0.6 is 0 Å². The average molecular weight is 212 g/mol. The number of hydrogen-bond donors (Lipinski definition) is 0. The molecule has 0 aliphatic heterocycles. The molecule has 5 heteroatoms. The second-order valence-electron chi connectivity index (χ2n) is 3.09. The predicted molar refractivity (Wildman–Crippen MR) is 50.3 cm³/mol. The second kappa shape index (κ2) is 3.12. The van der Waals surface area contributed by atoms with Crippen LogP contribution in [0.2, 0.25) is 0 Å². The van der Waals surface area contributed by atoms with Crippen LogP contribution in [0.5, 0.6) is 0 Å². The maximum absolute atomic E-state index is 12.3. The summed E-state index contributed by atoms with van der Waals surface area (Å²) in [6, 6.07) is 2.88. The number of rotatable bonds is 1. The van der Waals surface area contributed by atoms with Gasteiger partial charge in [-0.1, -0.05) is 6.58 Å². The maximum atomic E-state index is 12.3. The zero-order valence-electron chi connectivity index (χ0n) is 7.62. The zero-order valence-corrected chi connectivity index (χ0v) is 7.62. The van der Waals surface area contributed by atoms with Gasteiger partial charge in [-0.2, -0.15) is 13.2 Å². The molecule has 0 spiro atoms. The standard InChI is InChI=1S/C10H7F3N2/c1-7(10(11,12)13)8-2-3-9-14-4-5-15(9)6-8/h2-6H,1H2. The molecule has 2 rings (SSSR count). The lowest BCUT2D eigenvalue weighted by molar-refractivity contribution is -0.0686. The lowest BCUT2D eigenvalue weighted by atomic mass is 10.1. The molecule has 0 atom stereocenters. The van der Waals surface area contributed by atoms with Gasteiger partial charge in [-0.25, -0.2) is 4.98 Å². The van der Waals surface area contributed by atoms with Crippen molar-refractivity contribution in [2.24, 2.45) is 0 Å². The summed E-state index contributed by atoms with van der Waals surface area (Å²) in [5, 5.41) is 0. The molecule has 15 heavy (non-hydrogen) atoms. The topological polar surface area (TPSA) is 17.3 Å². The first kappa shape index (κ1) is 9.76. The van der Waals surface area contributed by atoms with Crippen LogP contribution in [0.1, 0.15) is 5.56 Å². The van der Waals surface area contributed by atoms with Crippen LogP contribution in [-0.2, 0) is 0 Å². The quantitative estimate of drug-likeness (QED) is 0.710. The molecule has 78 valence electrons. The molecule has 0 N–H and O–H groups in total. The van der Waals surface area contributed by atoms with Gasteiger partial charge in [0.15, 0.2) is 0 Å². The molecule has 0 aliphatic carbocycles. The number of hydrogen-bond acceptors (Lipinski definition) is 1. The molecule has 0 bridgehead atoms. The molecule has 0 unspecified atom stereocenters. The predicted octanol–water partition coefficient (Wildman–Crippen LogP) is 2.91.